The summed E-state index contributed by atoms with van der Waals surface area (Å²) in [5, 5.41) is 1.87. The second-order valence-corrected chi connectivity index (χ2v) is 9.15. The van der Waals surface area contributed by atoms with E-state index in [9.17, 15) is 30.4 Å². The number of halogens is 7. The number of fused-ring (bicyclic) bond motifs is 1. The second-order valence-electron chi connectivity index (χ2n) is 7.12. The summed E-state index contributed by atoms with van der Waals surface area (Å²) in [4.78, 5) is 5.78. The van der Waals surface area contributed by atoms with E-state index >= 15 is 8.78 Å². The van der Waals surface area contributed by atoms with Gasteiger partial charge in [0.25, 0.3) is 5.79 Å². The predicted molar refractivity (Wildman–Crippen MR) is 99.1 cm³/mol. The van der Waals surface area contributed by atoms with Crippen molar-refractivity contribution in [3.8, 4) is 0 Å². The lowest BCUT2D eigenvalue weighted by Gasteiger charge is -2.41. The van der Waals surface area contributed by atoms with E-state index < -0.39 is 61.9 Å². The van der Waals surface area contributed by atoms with Gasteiger partial charge in [0.2, 0.25) is 6.30 Å². The number of nitrogens with two attached hydrogens (primary N) is 1. The molecular formula is C17H13F7N6O2S. The summed E-state index contributed by atoms with van der Waals surface area (Å²) in [5.41, 5.74) is 3.36. The summed E-state index contributed by atoms with van der Waals surface area (Å²) < 4.78 is 126. The molecule has 0 spiro atoms. The van der Waals surface area contributed by atoms with Crippen molar-refractivity contribution >= 4 is 26.7 Å². The van der Waals surface area contributed by atoms with Crippen LogP contribution in [-0.4, -0.2) is 52.2 Å². The van der Waals surface area contributed by atoms with Crippen LogP contribution in [0.25, 0.3) is 11.0 Å². The first-order valence-corrected chi connectivity index (χ1v) is 10.6. The molecule has 0 amide bonds. The molecule has 1 aliphatic rings. The fourth-order valence-electron chi connectivity index (χ4n) is 3.55. The van der Waals surface area contributed by atoms with Crippen LogP contribution in [0.5, 0.6) is 0 Å². The molecule has 1 aliphatic heterocycles. The Kier molecular flexibility index (Phi) is 5.27. The van der Waals surface area contributed by atoms with Crippen LogP contribution in [0.4, 0.5) is 36.6 Å². The predicted octanol–water partition coefficient (Wildman–Crippen LogP) is 2.42. The summed E-state index contributed by atoms with van der Waals surface area (Å²) >= 11 is 0. The van der Waals surface area contributed by atoms with Gasteiger partial charge in [-0.3, -0.25) is 5.32 Å². The van der Waals surface area contributed by atoms with Crippen LogP contribution < -0.4 is 11.1 Å². The summed E-state index contributed by atoms with van der Waals surface area (Å²) in [7, 11) is -5.39. The highest BCUT2D eigenvalue weighted by molar-refractivity contribution is 7.92. The van der Waals surface area contributed by atoms with E-state index in [-0.39, 0.29) is 15.9 Å². The highest BCUT2D eigenvalue weighted by atomic mass is 32.2. The van der Waals surface area contributed by atoms with Crippen molar-refractivity contribution in [1.82, 2.24) is 25.1 Å². The molecule has 1 saturated heterocycles. The Morgan fingerprint density at radius 1 is 1.12 bits per heavy atom. The van der Waals surface area contributed by atoms with Gasteiger partial charge < -0.3 is 5.73 Å². The molecule has 5 unspecified atom stereocenters. The number of sulfone groups is 1. The van der Waals surface area contributed by atoms with Crippen molar-refractivity contribution in [2.24, 2.45) is 0 Å². The standard InChI is InChI=1S/C17H13F7N6O2S/c18-10-11(19)16(21,30-13-7(5-28-30)12(25)26-6-27-13)15(20)29-14(10)33(31,32)9-4-2-1-3-8(9)17(22,23)24/h1-6,10-11,14-15,29H,(H2,25,26,27). The van der Waals surface area contributed by atoms with Gasteiger partial charge in [-0.2, -0.15) is 18.3 Å². The number of benzene rings is 1. The molecule has 33 heavy (non-hydrogen) atoms. The van der Waals surface area contributed by atoms with E-state index in [0.29, 0.717) is 12.1 Å². The Hall–Kier alpha value is -3.01. The summed E-state index contributed by atoms with van der Waals surface area (Å²) in [5.74, 6) is -4.19. The fraction of sp³-hybridized carbons (Fsp3) is 0.353. The van der Waals surface area contributed by atoms with Gasteiger partial charge in [0.05, 0.1) is 22.0 Å². The maximum atomic E-state index is 15.6. The number of nitrogens with zero attached hydrogens (tertiary/aromatic N) is 4. The Bertz CT molecular complexity index is 1320. The van der Waals surface area contributed by atoms with Crippen molar-refractivity contribution < 1.29 is 39.2 Å². The van der Waals surface area contributed by atoms with Gasteiger partial charge in [0.15, 0.2) is 33.2 Å². The van der Waals surface area contributed by atoms with Gasteiger partial charge >= 0.3 is 6.18 Å². The molecule has 0 aliphatic carbocycles. The number of rotatable bonds is 3. The summed E-state index contributed by atoms with van der Waals surface area (Å²) in [6, 6.07) is 2.70. The maximum absolute atomic E-state index is 15.6. The molecular weight excluding hydrogens is 485 g/mol. The van der Waals surface area contributed by atoms with E-state index in [1.165, 1.54) is 5.32 Å². The molecule has 5 atom stereocenters. The normalized spacial score (nSPS) is 28.8. The van der Waals surface area contributed by atoms with Gasteiger partial charge in [-0.05, 0) is 12.1 Å². The van der Waals surface area contributed by atoms with Gasteiger partial charge in [0, 0.05) is 0 Å². The lowest BCUT2D eigenvalue weighted by molar-refractivity contribution is -0.155. The van der Waals surface area contributed by atoms with E-state index in [4.69, 9.17) is 5.73 Å². The molecule has 2 aromatic heterocycles. The SMILES string of the molecule is Nc1ncnc2c1cnn2C1(F)C(F)NC(S(=O)(=O)c2ccccc2C(F)(F)F)C(F)C1F. The lowest BCUT2D eigenvalue weighted by Crippen LogP contribution is -2.68. The first-order chi connectivity index (χ1) is 15.3. The van der Waals surface area contributed by atoms with Gasteiger partial charge in [-0.25, -0.2) is 40.6 Å². The average Bonchev–Trinajstić information content (AvgIpc) is 3.20. The van der Waals surface area contributed by atoms with Crippen LogP contribution in [0.2, 0.25) is 0 Å². The summed E-state index contributed by atoms with van der Waals surface area (Å²) in [6.07, 6.45) is -13.6. The second kappa shape index (κ2) is 7.51. The first kappa shape index (κ1) is 23.2. The largest absolute Gasteiger partial charge is 0.417 e. The quantitative estimate of drug-likeness (QED) is 0.421. The van der Waals surface area contributed by atoms with Crippen LogP contribution in [0.1, 0.15) is 5.56 Å². The number of anilines is 1. The van der Waals surface area contributed by atoms with E-state index in [1.807, 2.05) is 0 Å². The number of aromatic nitrogens is 4. The molecule has 16 heteroatoms. The fourth-order valence-corrected chi connectivity index (χ4v) is 5.36. The molecule has 8 nitrogen and oxygen atoms in total. The van der Waals surface area contributed by atoms with Gasteiger partial charge in [0.1, 0.15) is 12.1 Å². The Balaban J connectivity index is 1.78. The lowest BCUT2D eigenvalue weighted by atomic mass is 9.99. The smallest absolute Gasteiger partial charge is 0.383 e. The third-order valence-corrected chi connectivity index (χ3v) is 7.21. The number of hydrogen-bond donors (Lipinski definition) is 2. The van der Waals surface area contributed by atoms with Crippen molar-refractivity contribution in [3.63, 3.8) is 0 Å². The summed E-state index contributed by atoms with van der Waals surface area (Å²) in [6.45, 7) is 0. The minimum Gasteiger partial charge on any atom is -0.383 e. The van der Waals surface area contributed by atoms with Crippen LogP contribution >= 0.6 is 0 Å². The third-order valence-electron chi connectivity index (χ3n) is 5.18. The molecule has 3 N–H and O–H groups in total. The number of nitrogens with one attached hydrogen (secondary N) is 1. The highest BCUT2D eigenvalue weighted by Crippen LogP contribution is 2.43. The van der Waals surface area contributed by atoms with Gasteiger partial charge in [-0.1, -0.05) is 12.1 Å². The zero-order valence-corrected chi connectivity index (χ0v) is 16.8. The van der Waals surface area contributed by atoms with Gasteiger partial charge in [-0.15, -0.1) is 0 Å². The number of nitrogen functional groups attached to an aromatic ring is 1. The Morgan fingerprint density at radius 2 is 1.79 bits per heavy atom. The molecule has 178 valence electrons. The van der Waals surface area contributed by atoms with Crippen LogP contribution in [0.15, 0.2) is 41.7 Å². The van der Waals surface area contributed by atoms with Crippen LogP contribution in [0.3, 0.4) is 0 Å². The van der Waals surface area contributed by atoms with Crippen molar-refractivity contribution in [2.45, 2.75) is 40.9 Å². The zero-order chi connectivity index (χ0) is 24.3. The molecule has 0 radical (unpaired) electrons. The molecule has 0 bridgehead atoms. The molecule has 3 heterocycles. The minimum atomic E-state index is -5.39. The number of hydrogen-bond acceptors (Lipinski definition) is 7. The highest BCUT2D eigenvalue weighted by Gasteiger charge is 2.63. The molecule has 1 aromatic carbocycles. The molecule has 4 rings (SSSR count). The van der Waals surface area contributed by atoms with Crippen LogP contribution in [0, 0.1) is 0 Å². The topological polar surface area (TPSA) is 116 Å². The van der Waals surface area contributed by atoms with Crippen molar-refractivity contribution in [2.75, 3.05) is 5.73 Å². The van der Waals surface area contributed by atoms with Crippen LogP contribution in [-0.2, 0) is 21.8 Å². The van der Waals surface area contributed by atoms with E-state index in [1.54, 1.807) is 0 Å². The monoisotopic (exact) mass is 498 g/mol. The Labute approximate surface area is 180 Å². The van der Waals surface area contributed by atoms with E-state index in [2.05, 4.69) is 15.1 Å². The maximum Gasteiger partial charge on any atom is 0.417 e. The minimum absolute atomic E-state index is 0.0434. The third kappa shape index (κ3) is 3.38. The van der Waals surface area contributed by atoms with Crippen molar-refractivity contribution in [3.05, 3.63) is 42.4 Å². The molecule has 3 aromatic rings. The molecule has 0 saturated carbocycles. The first-order valence-electron chi connectivity index (χ1n) is 9.03. The number of piperidine rings is 1. The van der Waals surface area contributed by atoms with E-state index in [0.717, 1.165) is 24.7 Å². The Morgan fingerprint density at radius 3 is 2.45 bits per heavy atom. The zero-order valence-electron chi connectivity index (χ0n) is 16.0. The average molecular weight is 498 g/mol. The van der Waals surface area contributed by atoms with Crippen molar-refractivity contribution in [1.29, 1.82) is 0 Å². The molecule has 1 fully saturated rings. The number of alkyl halides is 7.